The molecule has 114 valence electrons. The molecule has 0 bridgehead atoms. The quantitative estimate of drug-likeness (QED) is 0.482. The third kappa shape index (κ3) is 3.49. The van der Waals surface area contributed by atoms with Crippen molar-refractivity contribution in [3.05, 3.63) is 83.9 Å². The number of ether oxygens (including phenoxy) is 1. The van der Waals surface area contributed by atoms with Gasteiger partial charge in [0, 0.05) is 5.56 Å². The predicted molar refractivity (Wildman–Crippen MR) is 94.9 cm³/mol. The van der Waals surface area contributed by atoms with Crippen LogP contribution in [-0.2, 0) is 0 Å². The topological polar surface area (TPSA) is 26.3 Å². The van der Waals surface area contributed by atoms with Crippen LogP contribution in [0.15, 0.2) is 72.8 Å². The Kier molecular flexibility index (Phi) is 4.53. The zero-order valence-corrected chi connectivity index (χ0v) is 13.0. The third-order valence-electron chi connectivity index (χ3n) is 3.67. The van der Waals surface area contributed by atoms with Crippen LogP contribution in [0.1, 0.15) is 22.8 Å². The number of ketones is 1. The molecule has 0 aliphatic heterocycles. The Labute approximate surface area is 136 Å². The van der Waals surface area contributed by atoms with Gasteiger partial charge in [-0.3, -0.25) is 4.79 Å². The first-order valence-corrected chi connectivity index (χ1v) is 7.71. The summed E-state index contributed by atoms with van der Waals surface area (Å²) in [7, 11) is 0. The number of hydrogen-bond donors (Lipinski definition) is 0. The van der Waals surface area contributed by atoms with Crippen LogP contribution in [-0.4, -0.2) is 12.4 Å². The molecule has 0 saturated carbocycles. The lowest BCUT2D eigenvalue weighted by atomic mass is 10.0. The van der Waals surface area contributed by atoms with Gasteiger partial charge < -0.3 is 4.74 Å². The molecule has 0 fully saturated rings. The smallest absolute Gasteiger partial charge is 0.185 e. The summed E-state index contributed by atoms with van der Waals surface area (Å²) in [6.45, 7) is 2.51. The maximum atomic E-state index is 12.4. The minimum atomic E-state index is -0.0283. The molecule has 0 amide bonds. The van der Waals surface area contributed by atoms with Crippen molar-refractivity contribution in [3.8, 4) is 5.75 Å². The maximum Gasteiger partial charge on any atom is 0.185 e. The summed E-state index contributed by atoms with van der Waals surface area (Å²) in [5.74, 6) is 0.691. The van der Waals surface area contributed by atoms with E-state index in [2.05, 4.69) is 18.2 Å². The SMILES string of the molecule is CCOc1cccc(C(=O)/C=C/c2cccc3ccccc23)c1. The molecule has 0 heterocycles. The van der Waals surface area contributed by atoms with E-state index in [0.29, 0.717) is 12.2 Å². The summed E-state index contributed by atoms with van der Waals surface area (Å²) < 4.78 is 5.44. The minimum absolute atomic E-state index is 0.0283. The largest absolute Gasteiger partial charge is 0.494 e. The minimum Gasteiger partial charge on any atom is -0.494 e. The Morgan fingerprint density at radius 1 is 1.00 bits per heavy atom. The van der Waals surface area contributed by atoms with Gasteiger partial charge >= 0.3 is 0 Å². The fourth-order valence-electron chi connectivity index (χ4n) is 2.56. The zero-order valence-electron chi connectivity index (χ0n) is 13.0. The van der Waals surface area contributed by atoms with E-state index < -0.39 is 0 Å². The van der Waals surface area contributed by atoms with Crippen molar-refractivity contribution in [2.45, 2.75) is 6.92 Å². The number of benzene rings is 3. The van der Waals surface area contributed by atoms with Crippen molar-refractivity contribution in [1.29, 1.82) is 0 Å². The molecule has 3 aromatic carbocycles. The van der Waals surface area contributed by atoms with Crippen LogP contribution in [0, 0.1) is 0 Å². The molecular weight excluding hydrogens is 284 g/mol. The molecule has 0 unspecified atom stereocenters. The van der Waals surface area contributed by atoms with E-state index in [1.165, 1.54) is 5.39 Å². The first-order chi connectivity index (χ1) is 11.3. The van der Waals surface area contributed by atoms with Gasteiger partial charge in [-0.2, -0.15) is 0 Å². The van der Waals surface area contributed by atoms with Gasteiger partial charge in [0.1, 0.15) is 5.75 Å². The van der Waals surface area contributed by atoms with Gasteiger partial charge in [0.25, 0.3) is 0 Å². The third-order valence-corrected chi connectivity index (χ3v) is 3.67. The summed E-state index contributed by atoms with van der Waals surface area (Å²) in [6.07, 6.45) is 3.49. The summed E-state index contributed by atoms with van der Waals surface area (Å²) >= 11 is 0. The fourth-order valence-corrected chi connectivity index (χ4v) is 2.56. The first kappa shape index (κ1) is 15.0. The van der Waals surface area contributed by atoms with Gasteiger partial charge in [-0.15, -0.1) is 0 Å². The Morgan fingerprint density at radius 3 is 2.65 bits per heavy atom. The molecule has 0 aromatic heterocycles. The van der Waals surface area contributed by atoms with Gasteiger partial charge in [-0.1, -0.05) is 60.7 Å². The lowest BCUT2D eigenvalue weighted by Crippen LogP contribution is -1.97. The first-order valence-electron chi connectivity index (χ1n) is 7.71. The highest BCUT2D eigenvalue weighted by atomic mass is 16.5. The zero-order chi connectivity index (χ0) is 16.1. The number of allylic oxidation sites excluding steroid dienone is 1. The Morgan fingerprint density at radius 2 is 1.78 bits per heavy atom. The number of hydrogen-bond acceptors (Lipinski definition) is 2. The number of rotatable bonds is 5. The van der Waals surface area contributed by atoms with Crippen LogP contribution < -0.4 is 4.74 Å². The Hall–Kier alpha value is -2.87. The Balaban J connectivity index is 1.87. The van der Waals surface area contributed by atoms with Crippen LogP contribution >= 0.6 is 0 Å². The van der Waals surface area contributed by atoms with Crippen molar-refractivity contribution < 1.29 is 9.53 Å². The average Bonchev–Trinajstić information content (AvgIpc) is 2.60. The van der Waals surface area contributed by atoms with E-state index >= 15 is 0 Å². The average molecular weight is 302 g/mol. The van der Waals surface area contributed by atoms with Crippen LogP contribution in [0.3, 0.4) is 0 Å². The van der Waals surface area contributed by atoms with Gasteiger partial charge in [0.05, 0.1) is 6.61 Å². The molecule has 23 heavy (non-hydrogen) atoms. The van der Waals surface area contributed by atoms with E-state index in [9.17, 15) is 4.79 Å². The van der Waals surface area contributed by atoms with Crippen LogP contribution in [0.5, 0.6) is 5.75 Å². The van der Waals surface area contributed by atoms with Gasteiger partial charge in [-0.05, 0) is 41.5 Å². The van der Waals surface area contributed by atoms with E-state index in [4.69, 9.17) is 4.74 Å². The highest BCUT2D eigenvalue weighted by Crippen LogP contribution is 2.20. The molecule has 0 atom stereocenters. The molecule has 0 aliphatic rings. The van der Waals surface area contributed by atoms with Gasteiger partial charge in [-0.25, -0.2) is 0 Å². The lowest BCUT2D eigenvalue weighted by Gasteiger charge is -2.04. The van der Waals surface area contributed by atoms with Gasteiger partial charge in [0.15, 0.2) is 5.78 Å². The molecule has 0 aliphatic carbocycles. The highest BCUT2D eigenvalue weighted by molar-refractivity contribution is 6.08. The predicted octanol–water partition coefficient (Wildman–Crippen LogP) is 5.13. The molecule has 3 rings (SSSR count). The normalized spacial score (nSPS) is 11.0. The van der Waals surface area contributed by atoms with Crippen LogP contribution in [0.2, 0.25) is 0 Å². The van der Waals surface area contributed by atoms with Gasteiger partial charge in [0.2, 0.25) is 0 Å². The summed E-state index contributed by atoms with van der Waals surface area (Å²) in [5.41, 5.74) is 1.67. The van der Waals surface area contributed by atoms with E-state index in [1.807, 2.05) is 49.4 Å². The van der Waals surface area contributed by atoms with Crippen molar-refractivity contribution in [1.82, 2.24) is 0 Å². The second-order valence-electron chi connectivity index (χ2n) is 5.23. The van der Waals surface area contributed by atoms with Crippen molar-refractivity contribution in [2.24, 2.45) is 0 Å². The highest BCUT2D eigenvalue weighted by Gasteiger charge is 2.04. The van der Waals surface area contributed by atoms with E-state index in [-0.39, 0.29) is 5.78 Å². The summed E-state index contributed by atoms with van der Waals surface area (Å²) in [6, 6.07) is 21.5. The maximum absolute atomic E-state index is 12.4. The Bertz CT molecular complexity index is 857. The van der Waals surface area contributed by atoms with Crippen molar-refractivity contribution >= 4 is 22.6 Å². The van der Waals surface area contributed by atoms with Crippen molar-refractivity contribution in [2.75, 3.05) is 6.61 Å². The molecule has 2 nitrogen and oxygen atoms in total. The standard InChI is InChI=1S/C21H18O2/c1-2-23-19-11-6-10-18(15-19)21(22)14-13-17-9-5-8-16-7-3-4-12-20(16)17/h3-15H,2H2,1H3/b14-13+. The monoisotopic (exact) mass is 302 g/mol. The number of fused-ring (bicyclic) bond motifs is 1. The molecule has 2 heteroatoms. The van der Waals surface area contributed by atoms with Crippen LogP contribution in [0.25, 0.3) is 16.8 Å². The molecule has 0 radical (unpaired) electrons. The number of carbonyl (C=O) groups excluding carboxylic acids is 1. The second-order valence-corrected chi connectivity index (χ2v) is 5.23. The summed E-state index contributed by atoms with van der Waals surface area (Å²) in [4.78, 5) is 12.4. The molecule has 3 aromatic rings. The molecular formula is C21H18O2. The summed E-state index contributed by atoms with van der Waals surface area (Å²) in [5, 5.41) is 2.31. The molecule has 0 spiro atoms. The molecule has 0 N–H and O–H groups in total. The van der Waals surface area contributed by atoms with Crippen molar-refractivity contribution in [3.63, 3.8) is 0 Å². The van der Waals surface area contributed by atoms with Crippen LogP contribution in [0.4, 0.5) is 0 Å². The molecule has 0 saturated heterocycles. The fraction of sp³-hybridized carbons (Fsp3) is 0.0952. The van der Waals surface area contributed by atoms with E-state index in [0.717, 1.165) is 16.7 Å². The number of carbonyl (C=O) groups is 1. The lowest BCUT2D eigenvalue weighted by molar-refractivity contribution is 0.104. The van der Waals surface area contributed by atoms with E-state index in [1.54, 1.807) is 18.2 Å². The second kappa shape index (κ2) is 6.93.